The first-order valence-corrected chi connectivity index (χ1v) is 10.2. The predicted octanol–water partition coefficient (Wildman–Crippen LogP) is 1.32. The summed E-state index contributed by atoms with van der Waals surface area (Å²) < 4.78 is 57.4. The molecule has 3 fully saturated rings. The Balaban J connectivity index is 1.58. The van der Waals surface area contributed by atoms with Crippen LogP contribution < -0.4 is 0 Å². The van der Waals surface area contributed by atoms with E-state index < -0.39 is 52.9 Å². The molecule has 1 aromatic rings. The molecular weight excluding hydrogens is 364 g/mol. The van der Waals surface area contributed by atoms with Crippen LogP contribution in [0.25, 0.3) is 0 Å². The number of hydrogen-bond donors (Lipinski definition) is 0. The monoisotopic (exact) mass is 386 g/mol. The summed E-state index contributed by atoms with van der Waals surface area (Å²) in [7, 11) is -3.61. The summed E-state index contributed by atoms with van der Waals surface area (Å²) in [4.78, 5) is 0. The minimum absolute atomic E-state index is 0.171. The van der Waals surface area contributed by atoms with E-state index in [9.17, 15) is 8.42 Å². The highest BCUT2D eigenvalue weighted by molar-refractivity contribution is 7.85. The molecule has 8 nitrogen and oxygen atoms in total. The van der Waals surface area contributed by atoms with E-state index in [1.807, 2.05) is 44.2 Å². The van der Waals surface area contributed by atoms with Crippen molar-refractivity contribution in [2.24, 2.45) is 0 Å². The van der Waals surface area contributed by atoms with Gasteiger partial charge in [-0.2, -0.15) is 8.42 Å². The van der Waals surface area contributed by atoms with E-state index >= 15 is 0 Å². The Labute approximate surface area is 152 Å². The van der Waals surface area contributed by atoms with Gasteiger partial charge in [0.2, 0.25) is 0 Å². The Morgan fingerprint density at radius 3 is 2.42 bits per heavy atom. The van der Waals surface area contributed by atoms with Gasteiger partial charge in [-0.15, -0.1) is 0 Å². The fourth-order valence-corrected chi connectivity index (χ4v) is 3.84. The zero-order valence-corrected chi connectivity index (χ0v) is 15.5. The Bertz CT molecular complexity index is 749. The smallest absolute Gasteiger partial charge is 0.264 e. The SMILES string of the molecule is CC1(C)O[C@H]2O[C@H]3[C@H](O[C@@H](c4ccccc4)O[C@@H]3COS(C)(=O)=O)[C@H]2O1. The third-order valence-corrected chi connectivity index (χ3v) is 5.05. The first kappa shape index (κ1) is 18.3. The molecule has 0 unspecified atom stereocenters. The summed E-state index contributed by atoms with van der Waals surface area (Å²) >= 11 is 0. The Morgan fingerprint density at radius 2 is 1.73 bits per heavy atom. The zero-order chi connectivity index (χ0) is 18.5. The van der Waals surface area contributed by atoms with Gasteiger partial charge in [-0.1, -0.05) is 30.3 Å². The topological polar surface area (TPSA) is 89.5 Å². The molecule has 3 heterocycles. The lowest BCUT2D eigenvalue weighted by molar-refractivity contribution is -0.312. The van der Waals surface area contributed by atoms with Crippen molar-refractivity contribution in [2.45, 2.75) is 56.6 Å². The van der Waals surface area contributed by atoms with Crippen LogP contribution in [0.2, 0.25) is 0 Å². The fourth-order valence-electron chi connectivity index (χ4n) is 3.46. The molecule has 0 aromatic heterocycles. The first-order valence-electron chi connectivity index (χ1n) is 8.43. The summed E-state index contributed by atoms with van der Waals surface area (Å²) in [6.45, 7) is 3.44. The van der Waals surface area contributed by atoms with E-state index in [-0.39, 0.29) is 6.61 Å². The maximum absolute atomic E-state index is 11.4. The van der Waals surface area contributed by atoms with Gasteiger partial charge < -0.3 is 23.7 Å². The van der Waals surface area contributed by atoms with Crippen LogP contribution in [-0.4, -0.2) is 57.8 Å². The summed E-state index contributed by atoms with van der Waals surface area (Å²) in [5, 5.41) is 0. The number of hydrogen-bond acceptors (Lipinski definition) is 8. The predicted molar refractivity (Wildman–Crippen MR) is 88.4 cm³/mol. The van der Waals surface area contributed by atoms with Gasteiger partial charge in [0.15, 0.2) is 18.4 Å². The molecule has 3 aliphatic rings. The molecule has 0 N–H and O–H groups in total. The van der Waals surface area contributed by atoms with Crippen LogP contribution >= 0.6 is 0 Å². The summed E-state index contributed by atoms with van der Waals surface area (Å²) in [6, 6.07) is 9.40. The number of rotatable bonds is 4. The van der Waals surface area contributed by atoms with Gasteiger partial charge in [-0.25, -0.2) is 0 Å². The summed E-state index contributed by atoms with van der Waals surface area (Å²) in [5.41, 5.74) is 0.817. The molecule has 0 spiro atoms. The number of benzene rings is 1. The highest BCUT2D eigenvalue weighted by Crippen LogP contribution is 2.45. The molecule has 3 saturated heterocycles. The van der Waals surface area contributed by atoms with Crippen molar-refractivity contribution < 1.29 is 36.3 Å². The van der Waals surface area contributed by atoms with Gasteiger partial charge in [-0.05, 0) is 13.8 Å². The van der Waals surface area contributed by atoms with E-state index in [1.54, 1.807) is 0 Å². The van der Waals surface area contributed by atoms with Gasteiger partial charge in [0.25, 0.3) is 10.1 Å². The molecule has 144 valence electrons. The van der Waals surface area contributed by atoms with Crippen molar-refractivity contribution in [3.63, 3.8) is 0 Å². The lowest BCUT2D eigenvalue weighted by Gasteiger charge is -2.39. The largest absolute Gasteiger partial charge is 0.341 e. The molecular formula is C17H22O8S. The third kappa shape index (κ3) is 3.65. The van der Waals surface area contributed by atoms with Crippen molar-refractivity contribution in [3.8, 4) is 0 Å². The average Bonchev–Trinajstić information content (AvgIpc) is 3.04. The van der Waals surface area contributed by atoms with E-state index in [0.717, 1.165) is 11.8 Å². The highest BCUT2D eigenvalue weighted by atomic mass is 32.2. The molecule has 0 aliphatic carbocycles. The Morgan fingerprint density at radius 1 is 1.00 bits per heavy atom. The zero-order valence-electron chi connectivity index (χ0n) is 14.7. The molecule has 9 heteroatoms. The maximum Gasteiger partial charge on any atom is 0.264 e. The third-order valence-electron chi connectivity index (χ3n) is 4.49. The average molecular weight is 386 g/mol. The van der Waals surface area contributed by atoms with Crippen molar-refractivity contribution in [1.29, 1.82) is 0 Å². The molecule has 6 atom stereocenters. The Hall–Kier alpha value is -1.07. The van der Waals surface area contributed by atoms with Gasteiger partial charge >= 0.3 is 0 Å². The van der Waals surface area contributed by atoms with E-state index in [4.69, 9.17) is 27.9 Å². The standard InChI is InChI=1S/C17H22O8S/c1-17(2)24-14-13-12(22-16(14)25-17)11(9-20-26(3,18)19)21-15(23-13)10-7-5-4-6-8-10/h4-8,11-16H,9H2,1-3H3/t11-,12-,13+,14-,15+,16-/m1/s1. The van der Waals surface area contributed by atoms with Crippen molar-refractivity contribution >= 4 is 10.1 Å². The number of ether oxygens (including phenoxy) is 5. The molecule has 0 bridgehead atoms. The van der Waals surface area contributed by atoms with Crippen LogP contribution in [0.4, 0.5) is 0 Å². The highest BCUT2D eigenvalue weighted by Gasteiger charge is 2.60. The van der Waals surface area contributed by atoms with Gasteiger partial charge in [0.05, 0.1) is 12.9 Å². The van der Waals surface area contributed by atoms with Crippen molar-refractivity contribution in [3.05, 3.63) is 35.9 Å². The van der Waals surface area contributed by atoms with Crippen LogP contribution in [-0.2, 0) is 38.0 Å². The van der Waals surface area contributed by atoms with Crippen molar-refractivity contribution in [2.75, 3.05) is 12.9 Å². The summed E-state index contributed by atoms with van der Waals surface area (Å²) in [6.07, 6.45) is -2.37. The molecule has 0 radical (unpaired) electrons. The van der Waals surface area contributed by atoms with E-state index in [2.05, 4.69) is 0 Å². The Kier molecular flexibility index (Phi) is 4.59. The summed E-state index contributed by atoms with van der Waals surface area (Å²) in [5.74, 6) is -0.775. The fraction of sp³-hybridized carbons (Fsp3) is 0.647. The van der Waals surface area contributed by atoms with Gasteiger partial charge in [-0.3, -0.25) is 4.18 Å². The molecule has 3 aliphatic heterocycles. The second-order valence-corrected chi connectivity index (χ2v) is 8.72. The minimum atomic E-state index is -3.61. The molecule has 1 aromatic carbocycles. The maximum atomic E-state index is 11.4. The quantitative estimate of drug-likeness (QED) is 0.716. The lowest BCUT2D eigenvalue weighted by atomic mass is 10.0. The number of fused-ring (bicyclic) bond motifs is 3. The first-order chi connectivity index (χ1) is 12.2. The second kappa shape index (κ2) is 6.52. The van der Waals surface area contributed by atoms with Crippen molar-refractivity contribution in [1.82, 2.24) is 0 Å². The van der Waals surface area contributed by atoms with E-state index in [0.29, 0.717) is 0 Å². The van der Waals surface area contributed by atoms with Crippen LogP contribution in [0.3, 0.4) is 0 Å². The van der Waals surface area contributed by atoms with Gasteiger partial charge in [0.1, 0.15) is 24.4 Å². The van der Waals surface area contributed by atoms with Crippen LogP contribution in [0, 0.1) is 0 Å². The molecule has 0 saturated carbocycles. The molecule has 0 amide bonds. The molecule has 4 rings (SSSR count). The minimum Gasteiger partial charge on any atom is -0.341 e. The van der Waals surface area contributed by atoms with E-state index in [1.165, 1.54) is 0 Å². The van der Waals surface area contributed by atoms with Gasteiger partial charge in [0, 0.05) is 5.56 Å². The van der Waals surface area contributed by atoms with Crippen LogP contribution in [0.15, 0.2) is 30.3 Å². The lowest BCUT2D eigenvalue weighted by Crippen LogP contribution is -2.51. The molecule has 26 heavy (non-hydrogen) atoms. The second-order valence-electron chi connectivity index (χ2n) is 7.08. The normalized spacial score (nSPS) is 38.7. The van der Waals surface area contributed by atoms with Crippen LogP contribution in [0.1, 0.15) is 25.7 Å². The van der Waals surface area contributed by atoms with Crippen LogP contribution in [0.5, 0.6) is 0 Å².